The molecule has 1 aliphatic rings. The second-order valence-corrected chi connectivity index (χ2v) is 5.55. The smallest absolute Gasteiger partial charge is 0.108 e. The number of nitrogens with two attached hydrogens (primary N) is 1. The number of aromatic nitrogens is 2. The number of imidazole rings is 1. The molecule has 1 aliphatic carbocycles. The summed E-state index contributed by atoms with van der Waals surface area (Å²) in [5, 5.41) is 0. The Labute approximate surface area is 104 Å². The van der Waals surface area contributed by atoms with Crippen LogP contribution in [0.15, 0.2) is 12.4 Å². The molecule has 0 amide bonds. The maximum atomic E-state index is 6.27. The fraction of sp³-hybridized carbons (Fsp3) is 0.786. The van der Waals surface area contributed by atoms with E-state index in [-0.39, 0.29) is 0 Å². The van der Waals surface area contributed by atoms with Crippen LogP contribution in [0.2, 0.25) is 0 Å². The highest BCUT2D eigenvalue weighted by atomic mass is 15.0. The van der Waals surface area contributed by atoms with Crippen LogP contribution in [0, 0.1) is 11.8 Å². The summed E-state index contributed by atoms with van der Waals surface area (Å²) in [5.41, 5.74) is 6.27. The maximum Gasteiger partial charge on any atom is 0.108 e. The average molecular weight is 235 g/mol. The maximum absolute atomic E-state index is 6.27. The van der Waals surface area contributed by atoms with E-state index in [4.69, 9.17) is 5.73 Å². The van der Waals surface area contributed by atoms with E-state index in [1.807, 2.05) is 12.4 Å². The zero-order valence-corrected chi connectivity index (χ0v) is 11.1. The Morgan fingerprint density at radius 3 is 2.94 bits per heavy atom. The van der Waals surface area contributed by atoms with E-state index in [0.717, 1.165) is 12.3 Å². The van der Waals surface area contributed by atoms with Gasteiger partial charge in [-0.25, -0.2) is 4.98 Å². The largest absolute Gasteiger partial charge is 0.338 e. The fourth-order valence-corrected chi connectivity index (χ4v) is 3.12. The Morgan fingerprint density at radius 1 is 1.47 bits per heavy atom. The van der Waals surface area contributed by atoms with Crippen LogP contribution in [0.25, 0.3) is 0 Å². The van der Waals surface area contributed by atoms with Gasteiger partial charge in [-0.2, -0.15) is 0 Å². The summed E-state index contributed by atoms with van der Waals surface area (Å²) < 4.78 is 2.12. The van der Waals surface area contributed by atoms with Crippen LogP contribution in [0.1, 0.15) is 44.9 Å². The molecule has 0 radical (unpaired) electrons. The number of hydrogen-bond donors (Lipinski definition) is 1. The van der Waals surface area contributed by atoms with Gasteiger partial charge in [-0.05, 0) is 31.1 Å². The highest BCUT2D eigenvalue weighted by Crippen LogP contribution is 2.32. The van der Waals surface area contributed by atoms with E-state index in [9.17, 15) is 0 Å². The van der Waals surface area contributed by atoms with Crippen LogP contribution in [-0.4, -0.2) is 15.6 Å². The molecular formula is C14H25N3. The molecule has 96 valence electrons. The third-order valence-electron chi connectivity index (χ3n) is 4.21. The second kappa shape index (κ2) is 5.67. The van der Waals surface area contributed by atoms with Crippen LogP contribution in [0.5, 0.6) is 0 Å². The molecule has 3 unspecified atom stereocenters. The Morgan fingerprint density at radius 2 is 2.29 bits per heavy atom. The molecule has 3 atom stereocenters. The third-order valence-corrected chi connectivity index (χ3v) is 4.21. The van der Waals surface area contributed by atoms with Gasteiger partial charge in [0.05, 0.1) is 0 Å². The monoisotopic (exact) mass is 235 g/mol. The molecule has 1 fully saturated rings. The van der Waals surface area contributed by atoms with Crippen LogP contribution >= 0.6 is 0 Å². The molecule has 0 aromatic carbocycles. The van der Waals surface area contributed by atoms with Crippen molar-refractivity contribution in [3.8, 4) is 0 Å². The molecule has 2 rings (SSSR count). The number of nitrogens with zero attached hydrogens (tertiary/aromatic N) is 2. The Balaban J connectivity index is 1.96. The lowest BCUT2D eigenvalue weighted by molar-refractivity contribution is 0.218. The van der Waals surface area contributed by atoms with Crippen molar-refractivity contribution in [1.29, 1.82) is 0 Å². The first-order valence-electron chi connectivity index (χ1n) is 6.92. The van der Waals surface area contributed by atoms with E-state index >= 15 is 0 Å². The van der Waals surface area contributed by atoms with Gasteiger partial charge in [0.1, 0.15) is 5.82 Å². The summed E-state index contributed by atoms with van der Waals surface area (Å²) in [6, 6.07) is 0.375. The molecule has 1 heterocycles. The molecular weight excluding hydrogens is 210 g/mol. The summed E-state index contributed by atoms with van der Waals surface area (Å²) in [4.78, 5) is 4.42. The van der Waals surface area contributed by atoms with Gasteiger partial charge in [0.15, 0.2) is 0 Å². The lowest BCUT2D eigenvalue weighted by atomic mass is 9.75. The highest BCUT2D eigenvalue weighted by Gasteiger charge is 2.28. The van der Waals surface area contributed by atoms with Crippen molar-refractivity contribution < 1.29 is 0 Å². The summed E-state index contributed by atoms with van der Waals surface area (Å²) in [7, 11) is 2.07. The van der Waals surface area contributed by atoms with E-state index in [1.54, 1.807) is 0 Å². The number of aryl methyl sites for hydroxylation is 1. The second-order valence-electron chi connectivity index (χ2n) is 5.55. The minimum atomic E-state index is 0.375. The molecule has 17 heavy (non-hydrogen) atoms. The van der Waals surface area contributed by atoms with Crippen molar-refractivity contribution in [2.45, 2.75) is 51.5 Å². The third kappa shape index (κ3) is 3.09. The Kier molecular flexibility index (Phi) is 4.21. The van der Waals surface area contributed by atoms with Gasteiger partial charge in [-0.15, -0.1) is 0 Å². The molecule has 3 heteroatoms. The van der Waals surface area contributed by atoms with E-state index < -0.39 is 0 Å². The van der Waals surface area contributed by atoms with Crippen LogP contribution < -0.4 is 5.73 Å². The van der Waals surface area contributed by atoms with Gasteiger partial charge >= 0.3 is 0 Å². The first kappa shape index (κ1) is 12.6. The van der Waals surface area contributed by atoms with Gasteiger partial charge in [0.2, 0.25) is 0 Å². The van der Waals surface area contributed by atoms with Crippen molar-refractivity contribution in [2.75, 3.05) is 0 Å². The summed E-state index contributed by atoms with van der Waals surface area (Å²) in [5.74, 6) is 2.70. The zero-order chi connectivity index (χ0) is 12.3. The van der Waals surface area contributed by atoms with E-state index in [2.05, 4.69) is 23.5 Å². The van der Waals surface area contributed by atoms with Gasteiger partial charge in [0.25, 0.3) is 0 Å². The predicted molar refractivity (Wildman–Crippen MR) is 70.6 cm³/mol. The number of rotatable bonds is 4. The first-order chi connectivity index (χ1) is 8.20. The minimum Gasteiger partial charge on any atom is -0.338 e. The quantitative estimate of drug-likeness (QED) is 0.871. The van der Waals surface area contributed by atoms with Crippen LogP contribution in [0.3, 0.4) is 0 Å². The molecule has 1 aromatic rings. The Bertz CT molecular complexity index is 345. The molecule has 1 aromatic heterocycles. The lowest BCUT2D eigenvalue weighted by Gasteiger charge is -2.34. The minimum absolute atomic E-state index is 0.375. The first-order valence-corrected chi connectivity index (χ1v) is 6.92. The zero-order valence-electron chi connectivity index (χ0n) is 11.1. The number of hydrogen-bond acceptors (Lipinski definition) is 2. The standard InChI is InChI=1S/C14H25N3/c1-3-4-11-5-6-13(15)12(9-11)10-14-16-7-8-17(14)2/h7-8,11-13H,3-6,9-10,15H2,1-2H3. The van der Waals surface area contributed by atoms with Crippen molar-refractivity contribution in [3.05, 3.63) is 18.2 Å². The Hall–Kier alpha value is -0.830. The van der Waals surface area contributed by atoms with Crippen LogP contribution in [-0.2, 0) is 13.5 Å². The van der Waals surface area contributed by atoms with E-state index in [0.29, 0.717) is 12.0 Å². The van der Waals surface area contributed by atoms with Gasteiger partial charge in [-0.3, -0.25) is 0 Å². The average Bonchev–Trinajstić information content (AvgIpc) is 2.70. The molecule has 0 bridgehead atoms. The van der Waals surface area contributed by atoms with Crippen molar-refractivity contribution in [1.82, 2.24) is 9.55 Å². The van der Waals surface area contributed by atoms with Gasteiger partial charge < -0.3 is 10.3 Å². The van der Waals surface area contributed by atoms with Crippen LogP contribution in [0.4, 0.5) is 0 Å². The predicted octanol–water partition coefficient (Wildman–Crippen LogP) is 2.51. The van der Waals surface area contributed by atoms with Crippen molar-refractivity contribution in [2.24, 2.45) is 24.6 Å². The molecule has 3 nitrogen and oxygen atoms in total. The summed E-state index contributed by atoms with van der Waals surface area (Å²) in [6.07, 6.45) is 11.4. The molecule has 0 saturated heterocycles. The normalized spacial score (nSPS) is 29.5. The SMILES string of the molecule is CCCC1CCC(N)C(Cc2nccn2C)C1. The summed E-state index contributed by atoms with van der Waals surface area (Å²) >= 11 is 0. The van der Waals surface area contributed by atoms with Crippen molar-refractivity contribution in [3.63, 3.8) is 0 Å². The van der Waals surface area contributed by atoms with E-state index in [1.165, 1.54) is 37.9 Å². The summed E-state index contributed by atoms with van der Waals surface area (Å²) in [6.45, 7) is 2.28. The fourth-order valence-electron chi connectivity index (χ4n) is 3.12. The molecule has 1 saturated carbocycles. The molecule has 0 spiro atoms. The van der Waals surface area contributed by atoms with Gasteiger partial charge in [-0.1, -0.05) is 19.8 Å². The highest BCUT2D eigenvalue weighted by molar-refractivity contribution is 4.96. The molecule has 2 N–H and O–H groups in total. The van der Waals surface area contributed by atoms with Gasteiger partial charge in [0, 0.05) is 31.9 Å². The topological polar surface area (TPSA) is 43.8 Å². The molecule has 0 aliphatic heterocycles. The lowest BCUT2D eigenvalue weighted by Crippen LogP contribution is -2.37. The van der Waals surface area contributed by atoms with Crippen molar-refractivity contribution >= 4 is 0 Å².